The summed E-state index contributed by atoms with van der Waals surface area (Å²) in [6.07, 6.45) is 0.434. The molecule has 1 rings (SSSR count). The molecule has 18 heavy (non-hydrogen) atoms. The van der Waals surface area contributed by atoms with Gasteiger partial charge in [-0.2, -0.15) is 0 Å². The Bertz CT molecular complexity index is 300. The van der Waals surface area contributed by atoms with Gasteiger partial charge in [0, 0.05) is 0 Å². The Morgan fingerprint density at radius 2 is 1.17 bits per heavy atom. The molecule has 1 aliphatic heterocycles. The van der Waals surface area contributed by atoms with Crippen LogP contribution >= 0.6 is 0 Å². The Balaban J connectivity index is 2.36. The predicted molar refractivity (Wildman–Crippen MR) is 67.0 cm³/mol. The van der Waals surface area contributed by atoms with Crippen molar-refractivity contribution in [1.82, 2.24) is 5.32 Å². The molecule has 0 bridgehead atoms. The van der Waals surface area contributed by atoms with Crippen LogP contribution in [0.1, 0.15) is 48.0 Å². The minimum Gasteiger partial charge on any atom is -0.459 e. The topological polar surface area (TPSA) is 64.6 Å². The summed E-state index contributed by atoms with van der Waals surface area (Å²) >= 11 is 0. The zero-order chi connectivity index (χ0) is 14.1. The van der Waals surface area contributed by atoms with E-state index in [0.29, 0.717) is 6.42 Å². The molecule has 0 aliphatic carbocycles. The Hall–Kier alpha value is -1.10. The Morgan fingerprint density at radius 1 is 0.889 bits per heavy atom. The molecule has 0 aromatic rings. The highest BCUT2D eigenvalue weighted by atomic mass is 16.6. The number of nitrogens with one attached hydrogen (secondary N) is 1. The maximum absolute atomic E-state index is 11.7. The van der Waals surface area contributed by atoms with E-state index in [2.05, 4.69) is 5.32 Å². The third kappa shape index (κ3) is 4.64. The molecule has 1 fully saturated rings. The van der Waals surface area contributed by atoms with Gasteiger partial charge in [-0.05, 0) is 48.0 Å². The van der Waals surface area contributed by atoms with E-state index < -0.39 is 23.3 Å². The third-order valence-electron chi connectivity index (χ3n) is 2.26. The minimum atomic E-state index is -0.504. The summed E-state index contributed by atoms with van der Waals surface area (Å²) in [6.45, 7) is 10.9. The first-order chi connectivity index (χ1) is 7.98. The van der Waals surface area contributed by atoms with Crippen LogP contribution in [-0.2, 0) is 19.1 Å². The maximum atomic E-state index is 11.7. The Morgan fingerprint density at radius 3 is 1.39 bits per heavy atom. The smallest absolute Gasteiger partial charge is 0.323 e. The van der Waals surface area contributed by atoms with Gasteiger partial charge < -0.3 is 9.47 Å². The largest absolute Gasteiger partial charge is 0.459 e. The molecule has 0 amide bonds. The number of hydrogen-bond acceptors (Lipinski definition) is 5. The van der Waals surface area contributed by atoms with E-state index in [1.807, 2.05) is 41.5 Å². The molecule has 1 N–H and O–H groups in total. The van der Waals surface area contributed by atoms with E-state index in [-0.39, 0.29) is 11.9 Å². The fourth-order valence-electron chi connectivity index (χ4n) is 1.53. The van der Waals surface area contributed by atoms with E-state index in [1.54, 1.807) is 0 Å². The first kappa shape index (κ1) is 15.0. The zero-order valence-corrected chi connectivity index (χ0v) is 12.0. The van der Waals surface area contributed by atoms with Crippen molar-refractivity contribution in [3.63, 3.8) is 0 Å². The summed E-state index contributed by atoms with van der Waals surface area (Å²) in [7, 11) is 0. The first-order valence-corrected chi connectivity index (χ1v) is 6.20. The molecule has 0 saturated carbocycles. The average Bonchev–Trinajstić information content (AvgIpc) is 1.91. The summed E-state index contributed by atoms with van der Waals surface area (Å²) in [4.78, 5) is 23.3. The van der Waals surface area contributed by atoms with Crippen molar-refractivity contribution in [2.75, 3.05) is 0 Å². The second-order valence-corrected chi connectivity index (χ2v) is 6.57. The standard InChI is InChI=1S/C13H23NO4/c1-12(2,3)17-10(15)8-7-9(14-8)11(16)18-13(4,5)6/h8-9,14H,7H2,1-6H3/t8-,9+. The minimum absolute atomic E-state index is 0.317. The fourth-order valence-corrected chi connectivity index (χ4v) is 1.53. The van der Waals surface area contributed by atoms with Gasteiger partial charge in [-0.1, -0.05) is 0 Å². The van der Waals surface area contributed by atoms with Gasteiger partial charge in [0.05, 0.1) is 0 Å². The van der Waals surface area contributed by atoms with Crippen molar-refractivity contribution in [3.05, 3.63) is 0 Å². The highest BCUT2D eigenvalue weighted by molar-refractivity contribution is 5.84. The number of esters is 2. The molecular weight excluding hydrogens is 234 g/mol. The van der Waals surface area contributed by atoms with Crippen LogP contribution in [0, 0.1) is 0 Å². The van der Waals surface area contributed by atoms with Crippen molar-refractivity contribution < 1.29 is 19.1 Å². The van der Waals surface area contributed by atoms with Crippen LogP contribution in [0.15, 0.2) is 0 Å². The molecule has 2 atom stereocenters. The number of hydrogen-bond donors (Lipinski definition) is 1. The van der Waals surface area contributed by atoms with Crippen molar-refractivity contribution in [1.29, 1.82) is 0 Å². The zero-order valence-electron chi connectivity index (χ0n) is 12.0. The van der Waals surface area contributed by atoms with Gasteiger partial charge in [0.2, 0.25) is 0 Å². The van der Waals surface area contributed by atoms with Crippen LogP contribution in [0.4, 0.5) is 0 Å². The Labute approximate surface area is 108 Å². The molecule has 0 radical (unpaired) electrons. The number of carbonyl (C=O) groups excluding carboxylic acids is 2. The normalized spacial score (nSPS) is 24.1. The highest BCUT2D eigenvalue weighted by Crippen LogP contribution is 2.20. The van der Waals surface area contributed by atoms with Crippen LogP contribution in [0.3, 0.4) is 0 Å². The lowest BCUT2D eigenvalue weighted by Crippen LogP contribution is -2.61. The molecular formula is C13H23NO4. The van der Waals surface area contributed by atoms with E-state index >= 15 is 0 Å². The summed E-state index contributed by atoms with van der Waals surface area (Å²) in [5, 5.41) is 2.88. The maximum Gasteiger partial charge on any atom is 0.323 e. The van der Waals surface area contributed by atoms with Gasteiger partial charge >= 0.3 is 11.9 Å². The summed E-state index contributed by atoms with van der Waals surface area (Å²) < 4.78 is 10.4. The molecule has 1 heterocycles. The summed E-state index contributed by atoms with van der Waals surface area (Å²) in [6, 6.07) is -0.802. The van der Waals surface area contributed by atoms with Crippen molar-refractivity contribution in [2.45, 2.75) is 71.2 Å². The lowest BCUT2D eigenvalue weighted by atomic mass is 9.96. The summed E-state index contributed by atoms with van der Waals surface area (Å²) in [5.74, 6) is -0.635. The quantitative estimate of drug-likeness (QED) is 0.758. The predicted octanol–water partition coefficient (Wildman–Crippen LogP) is 1.40. The lowest BCUT2D eigenvalue weighted by Gasteiger charge is -2.36. The van der Waals surface area contributed by atoms with E-state index in [0.717, 1.165) is 0 Å². The summed E-state index contributed by atoms with van der Waals surface area (Å²) in [5.41, 5.74) is -1.01. The van der Waals surface area contributed by atoms with Crippen molar-refractivity contribution in [3.8, 4) is 0 Å². The van der Waals surface area contributed by atoms with Crippen LogP contribution in [-0.4, -0.2) is 35.2 Å². The molecule has 0 aromatic carbocycles. The van der Waals surface area contributed by atoms with E-state index in [1.165, 1.54) is 0 Å². The second-order valence-electron chi connectivity index (χ2n) is 6.57. The molecule has 1 aliphatic rings. The van der Waals surface area contributed by atoms with E-state index in [9.17, 15) is 9.59 Å². The monoisotopic (exact) mass is 257 g/mol. The Kier molecular flexibility index (Phi) is 4.05. The van der Waals surface area contributed by atoms with Gasteiger partial charge in [0.15, 0.2) is 0 Å². The van der Waals surface area contributed by atoms with Crippen LogP contribution in [0.5, 0.6) is 0 Å². The van der Waals surface area contributed by atoms with Crippen LogP contribution in [0.2, 0.25) is 0 Å². The molecule has 5 heteroatoms. The molecule has 0 spiro atoms. The molecule has 0 aromatic heterocycles. The van der Waals surface area contributed by atoms with Crippen LogP contribution in [0.25, 0.3) is 0 Å². The van der Waals surface area contributed by atoms with Crippen LogP contribution < -0.4 is 5.32 Å². The fraction of sp³-hybridized carbons (Fsp3) is 0.846. The van der Waals surface area contributed by atoms with Gasteiger partial charge in [-0.3, -0.25) is 14.9 Å². The SMILES string of the molecule is CC(C)(C)OC(=O)[C@@H]1C[C@H](C(=O)OC(C)(C)C)N1. The number of ether oxygens (including phenoxy) is 2. The number of rotatable bonds is 2. The second kappa shape index (κ2) is 4.88. The van der Waals surface area contributed by atoms with Crippen molar-refractivity contribution in [2.24, 2.45) is 0 Å². The first-order valence-electron chi connectivity index (χ1n) is 6.20. The van der Waals surface area contributed by atoms with Gasteiger partial charge in [0.25, 0.3) is 0 Å². The highest BCUT2D eigenvalue weighted by Gasteiger charge is 2.42. The van der Waals surface area contributed by atoms with Gasteiger partial charge in [0.1, 0.15) is 23.3 Å². The molecule has 5 nitrogen and oxygen atoms in total. The molecule has 1 saturated heterocycles. The van der Waals surface area contributed by atoms with E-state index in [4.69, 9.17) is 9.47 Å². The lowest BCUT2D eigenvalue weighted by molar-refractivity contribution is -0.167. The van der Waals surface area contributed by atoms with Crippen molar-refractivity contribution >= 4 is 11.9 Å². The third-order valence-corrected chi connectivity index (χ3v) is 2.26. The molecule has 0 unspecified atom stereocenters. The van der Waals surface area contributed by atoms with Gasteiger partial charge in [-0.15, -0.1) is 0 Å². The molecule has 104 valence electrons. The average molecular weight is 257 g/mol. The van der Waals surface area contributed by atoms with Gasteiger partial charge in [-0.25, -0.2) is 0 Å². The number of carbonyl (C=O) groups is 2.